The van der Waals surface area contributed by atoms with Gasteiger partial charge in [-0.05, 0) is 36.6 Å². The number of halogens is 1. The number of hydrogen-bond acceptors (Lipinski definition) is 3. The van der Waals surface area contributed by atoms with Gasteiger partial charge in [-0.3, -0.25) is 14.5 Å². The predicted octanol–water partition coefficient (Wildman–Crippen LogP) is 3.55. The van der Waals surface area contributed by atoms with Crippen LogP contribution in [0.25, 0.3) is 0 Å². The molecule has 0 aromatic heterocycles. The van der Waals surface area contributed by atoms with Crippen LogP contribution in [-0.2, 0) is 21.7 Å². The summed E-state index contributed by atoms with van der Waals surface area (Å²) in [5.41, 5.74) is 0.455. The lowest BCUT2D eigenvalue weighted by atomic mass is 9.87. The first-order chi connectivity index (χ1) is 13.9. The van der Waals surface area contributed by atoms with Crippen molar-refractivity contribution in [2.45, 2.75) is 32.4 Å². The summed E-state index contributed by atoms with van der Waals surface area (Å²) < 4.78 is 0. The van der Waals surface area contributed by atoms with Gasteiger partial charge >= 0.3 is 6.03 Å². The van der Waals surface area contributed by atoms with Gasteiger partial charge in [0.2, 0.25) is 5.91 Å². The molecule has 1 heterocycles. The fourth-order valence-corrected chi connectivity index (χ4v) is 3.68. The van der Waals surface area contributed by atoms with Crippen LogP contribution < -0.4 is 5.32 Å². The summed E-state index contributed by atoms with van der Waals surface area (Å²) in [5.74, 6) is -0.695. The lowest BCUT2D eigenvalue weighted by Gasteiger charge is -2.26. The number of carbonyl (C=O) groups is 3. The predicted molar refractivity (Wildman–Crippen MR) is 111 cm³/mol. The van der Waals surface area contributed by atoms with Gasteiger partial charge in [0.05, 0.1) is 0 Å². The Bertz CT molecular complexity index is 901. The summed E-state index contributed by atoms with van der Waals surface area (Å²) in [6.07, 6.45) is 0.366. The molecular weight excluding hydrogens is 390 g/mol. The van der Waals surface area contributed by atoms with E-state index in [1.807, 2.05) is 44.2 Å². The minimum atomic E-state index is -1.18. The normalized spacial score (nSPS) is 18.7. The van der Waals surface area contributed by atoms with Gasteiger partial charge in [-0.1, -0.05) is 61.0 Å². The molecule has 0 spiro atoms. The third-order valence-electron chi connectivity index (χ3n) is 5.29. The average molecular weight is 414 g/mol. The molecule has 2 aromatic rings. The number of likely N-dealkylation sites (N-methyl/N-ethyl adjacent to an activating group) is 1. The van der Waals surface area contributed by atoms with E-state index in [-0.39, 0.29) is 12.5 Å². The van der Waals surface area contributed by atoms with Crippen LogP contribution >= 0.6 is 11.6 Å². The molecule has 4 amide bonds. The first-order valence-electron chi connectivity index (χ1n) is 9.63. The summed E-state index contributed by atoms with van der Waals surface area (Å²) in [4.78, 5) is 41.3. The van der Waals surface area contributed by atoms with Gasteiger partial charge in [0.25, 0.3) is 5.91 Å². The summed E-state index contributed by atoms with van der Waals surface area (Å²) in [6.45, 7) is 4.31. The number of carbonyl (C=O) groups excluding carboxylic acids is 3. The quantitative estimate of drug-likeness (QED) is 0.706. The third kappa shape index (κ3) is 4.12. The van der Waals surface area contributed by atoms with Crippen LogP contribution in [0.3, 0.4) is 0 Å². The van der Waals surface area contributed by atoms with Crippen molar-refractivity contribution in [2.24, 2.45) is 0 Å². The Morgan fingerprint density at radius 2 is 1.72 bits per heavy atom. The van der Waals surface area contributed by atoms with Gasteiger partial charge in [-0.25, -0.2) is 4.79 Å². The molecule has 0 aliphatic carbocycles. The maximum atomic E-state index is 13.2. The molecule has 1 saturated heterocycles. The molecule has 6 nitrogen and oxygen atoms in total. The molecule has 29 heavy (non-hydrogen) atoms. The number of urea groups is 1. The zero-order valence-electron chi connectivity index (χ0n) is 16.5. The van der Waals surface area contributed by atoms with E-state index in [9.17, 15) is 14.4 Å². The number of hydrogen-bond donors (Lipinski definition) is 1. The molecule has 1 unspecified atom stereocenters. The lowest BCUT2D eigenvalue weighted by Crippen LogP contribution is -2.45. The van der Waals surface area contributed by atoms with Gasteiger partial charge in [-0.15, -0.1) is 0 Å². The molecule has 0 radical (unpaired) electrons. The molecule has 1 fully saturated rings. The summed E-state index contributed by atoms with van der Waals surface area (Å²) >= 11 is 5.95. The highest BCUT2D eigenvalue weighted by atomic mass is 35.5. The van der Waals surface area contributed by atoms with E-state index in [2.05, 4.69) is 5.32 Å². The number of imide groups is 1. The summed E-state index contributed by atoms with van der Waals surface area (Å²) in [5, 5.41) is 3.33. The maximum absolute atomic E-state index is 13.2. The molecule has 1 atom stereocenters. The van der Waals surface area contributed by atoms with E-state index in [0.717, 1.165) is 10.5 Å². The Morgan fingerprint density at radius 1 is 1.07 bits per heavy atom. The van der Waals surface area contributed by atoms with Crippen molar-refractivity contribution in [3.8, 4) is 0 Å². The molecular formula is C22H24ClN3O3. The topological polar surface area (TPSA) is 69.7 Å². The summed E-state index contributed by atoms with van der Waals surface area (Å²) in [6, 6.07) is 15.9. The van der Waals surface area contributed by atoms with Gasteiger partial charge in [0, 0.05) is 18.1 Å². The zero-order valence-corrected chi connectivity index (χ0v) is 17.3. The van der Waals surface area contributed by atoms with Crippen molar-refractivity contribution in [2.75, 3.05) is 13.1 Å². The molecule has 0 saturated carbocycles. The van der Waals surface area contributed by atoms with Gasteiger partial charge in [-0.2, -0.15) is 0 Å². The second-order valence-electron chi connectivity index (χ2n) is 6.98. The van der Waals surface area contributed by atoms with Crippen molar-refractivity contribution >= 4 is 29.4 Å². The summed E-state index contributed by atoms with van der Waals surface area (Å²) in [7, 11) is 0. The van der Waals surface area contributed by atoms with Gasteiger partial charge in [0.1, 0.15) is 12.1 Å². The molecule has 3 rings (SSSR count). The Balaban J connectivity index is 1.78. The number of nitrogens with one attached hydrogen (secondary N) is 1. The lowest BCUT2D eigenvalue weighted by molar-refractivity contribution is -0.139. The highest BCUT2D eigenvalue weighted by Crippen LogP contribution is 2.33. The van der Waals surface area contributed by atoms with Crippen LogP contribution in [0, 0.1) is 0 Å². The SMILES string of the molecule is CCN(Cc1ccccc1)C(=O)CN1C(=O)NC(CC)(c2ccc(Cl)cc2)C1=O. The van der Waals surface area contributed by atoms with Gasteiger partial charge < -0.3 is 10.2 Å². The van der Waals surface area contributed by atoms with Crippen LogP contribution in [0.2, 0.25) is 5.02 Å². The smallest absolute Gasteiger partial charge is 0.325 e. The van der Waals surface area contributed by atoms with Crippen LogP contribution in [-0.4, -0.2) is 40.7 Å². The standard InChI is InChI=1S/C22H24ClN3O3/c1-3-22(17-10-12-18(23)13-11-17)20(28)26(21(29)24-22)15-19(27)25(4-2)14-16-8-6-5-7-9-16/h5-13H,3-4,14-15H2,1-2H3,(H,24,29). The Kier molecular flexibility index (Phi) is 6.23. The van der Waals surface area contributed by atoms with E-state index < -0.39 is 17.5 Å². The van der Waals surface area contributed by atoms with Crippen LogP contribution in [0.15, 0.2) is 54.6 Å². The van der Waals surface area contributed by atoms with Crippen molar-refractivity contribution in [3.05, 3.63) is 70.7 Å². The first-order valence-corrected chi connectivity index (χ1v) is 10.0. The minimum Gasteiger partial charge on any atom is -0.337 e. The average Bonchev–Trinajstić information content (AvgIpc) is 2.98. The second kappa shape index (κ2) is 8.66. The number of amides is 4. The largest absolute Gasteiger partial charge is 0.337 e. The van der Waals surface area contributed by atoms with Crippen LogP contribution in [0.1, 0.15) is 31.4 Å². The Hall–Kier alpha value is -2.86. The van der Waals surface area contributed by atoms with E-state index in [0.29, 0.717) is 30.1 Å². The molecule has 7 heteroatoms. The molecule has 152 valence electrons. The Labute approximate surface area is 175 Å². The first kappa shape index (κ1) is 20.9. The van der Waals surface area contributed by atoms with Crippen LogP contribution in [0.4, 0.5) is 4.79 Å². The van der Waals surface area contributed by atoms with Crippen molar-refractivity contribution in [1.82, 2.24) is 15.1 Å². The fourth-order valence-electron chi connectivity index (χ4n) is 3.56. The van der Waals surface area contributed by atoms with E-state index in [1.54, 1.807) is 29.2 Å². The van der Waals surface area contributed by atoms with E-state index in [4.69, 9.17) is 11.6 Å². The van der Waals surface area contributed by atoms with E-state index in [1.165, 1.54) is 0 Å². The highest BCUT2D eigenvalue weighted by Gasteiger charge is 2.51. The molecule has 2 aromatic carbocycles. The maximum Gasteiger partial charge on any atom is 0.325 e. The zero-order chi connectivity index (χ0) is 21.0. The molecule has 1 aliphatic rings. The number of benzene rings is 2. The highest BCUT2D eigenvalue weighted by molar-refractivity contribution is 6.30. The number of rotatable bonds is 7. The van der Waals surface area contributed by atoms with Gasteiger partial charge in [0.15, 0.2) is 0 Å². The molecule has 1 aliphatic heterocycles. The van der Waals surface area contributed by atoms with Crippen molar-refractivity contribution in [1.29, 1.82) is 0 Å². The van der Waals surface area contributed by atoms with Crippen LogP contribution in [0.5, 0.6) is 0 Å². The number of nitrogens with zero attached hydrogens (tertiary/aromatic N) is 2. The van der Waals surface area contributed by atoms with Crippen molar-refractivity contribution in [3.63, 3.8) is 0 Å². The fraction of sp³-hybridized carbons (Fsp3) is 0.318. The molecule has 1 N–H and O–H groups in total. The Morgan fingerprint density at radius 3 is 2.31 bits per heavy atom. The van der Waals surface area contributed by atoms with E-state index >= 15 is 0 Å². The monoisotopic (exact) mass is 413 g/mol. The second-order valence-corrected chi connectivity index (χ2v) is 7.42. The minimum absolute atomic E-state index is 0.275. The molecule has 0 bridgehead atoms. The third-order valence-corrected chi connectivity index (χ3v) is 5.54. The van der Waals surface area contributed by atoms with Crippen molar-refractivity contribution < 1.29 is 14.4 Å².